The summed E-state index contributed by atoms with van der Waals surface area (Å²) in [7, 11) is 0. The molecule has 1 atom stereocenters. The fourth-order valence-corrected chi connectivity index (χ4v) is 2.01. The largest absolute Gasteiger partial charge is 0.465 e. The molecule has 0 N–H and O–H groups in total. The van der Waals surface area contributed by atoms with Gasteiger partial charge in [-0.2, -0.15) is 0 Å². The zero-order valence-corrected chi connectivity index (χ0v) is 8.95. The second-order valence-corrected chi connectivity index (χ2v) is 4.74. The molecule has 0 spiro atoms. The lowest BCUT2D eigenvalue weighted by Crippen LogP contribution is -2.19. The van der Waals surface area contributed by atoms with Crippen molar-refractivity contribution in [3.8, 4) is 0 Å². The van der Waals surface area contributed by atoms with Crippen molar-refractivity contribution in [3.05, 3.63) is 48.0 Å². The molecule has 74 valence electrons. The molecular weight excluding hydrogens is 172 g/mol. The van der Waals surface area contributed by atoms with Crippen molar-refractivity contribution >= 4 is 0 Å². The van der Waals surface area contributed by atoms with Gasteiger partial charge in [0.1, 0.15) is 5.76 Å². The van der Waals surface area contributed by atoms with Crippen LogP contribution in [0, 0.1) is 11.3 Å². The summed E-state index contributed by atoms with van der Waals surface area (Å²) in [6, 6.07) is 0. The Hall–Kier alpha value is -1.24. The van der Waals surface area contributed by atoms with Crippen LogP contribution in [0.2, 0.25) is 0 Å². The third kappa shape index (κ3) is 1.54. The fraction of sp³-hybridized carbons (Fsp3) is 0.385. The summed E-state index contributed by atoms with van der Waals surface area (Å²) in [6.45, 7) is 6.68. The summed E-state index contributed by atoms with van der Waals surface area (Å²) in [5.74, 6) is 1.41. The quantitative estimate of drug-likeness (QED) is 0.564. The minimum absolute atomic E-state index is 0.157. The Balaban J connectivity index is 2.50. The Morgan fingerprint density at radius 2 is 1.93 bits per heavy atom. The minimum Gasteiger partial charge on any atom is -0.465 e. The first-order valence-electron chi connectivity index (χ1n) is 5.02. The molecule has 1 heteroatoms. The van der Waals surface area contributed by atoms with Gasteiger partial charge in [-0.3, -0.25) is 0 Å². The van der Waals surface area contributed by atoms with Crippen molar-refractivity contribution in [2.24, 2.45) is 11.3 Å². The van der Waals surface area contributed by atoms with Crippen molar-refractivity contribution in [2.75, 3.05) is 0 Å². The van der Waals surface area contributed by atoms with E-state index in [0.717, 1.165) is 5.76 Å². The third-order valence-electron chi connectivity index (χ3n) is 2.56. The molecule has 0 fully saturated rings. The maximum Gasteiger partial charge on any atom is 0.127 e. The van der Waals surface area contributed by atoms with Crippen molar-refractivity contribution in [3.63, 3.8) is 0 Å². The summed E-state index contributed by atoms with van der Waals surface area (Å²) in [5.41, 5.74) is 1.52. The third-order valence-corrected chi connectivity index (χ3v) is 2.56. The smallest absolute Gasteiger partial charge is 0.127 e. The van der Waals surface area contributed by atoms with Crippen LogP contribution in [-0.4, -0.2) is 0 Å². The summed E-state index contributed by atoms with van der Waals surface area (Å²) in [5, 5.41) is 0. The Kier molecular flexibility index (Phi) is 2.10. The van der Waals surface area contributed by atoms with Crippen LogP contribution in [0.25, 0.3) is 0 Å². The molecule has 0 amide bonds. The molecular formula is C13H16O. The second kappa shape index (κ2) is 3.16. The van der Waals surface area contributed by atoms with Gasteiger partial charge in [-0.1, -0.05) is 39.0 Å². The molecule has 2 aliphatic rings. The predicted octanol–water partition coefficient (Wildman–Crippen LogP) is 3.57. The van der Waals surface area contributed by atoms with Gasteiger partial charge in [0.05, 0.1) is 6.26 Å². The predicted molar refractivity (Wildman–Crippen MR) is 58.5 cm³/mol. The van der Waals surface area contributed by atoms with Crippen molar-refractivity contribution in [1.29, 1.82) is 0 Å². The van der Waals surface area contributed by atoms with E-state index in [2.05, 4.69) is 39.0 Å². The van der Waals surface area contributed by atoms with Gasteiger partial charge in [-0.15, -0.1) is 0 Å². The zero-order chi connectivity index (χ0) is 10.2. The van der Waals surface area contributed by atoms with E-state index in [1.165, 1.54) is 5.57 Å². The first-order chi connectivity index (χ1) is 6.59. The van der Waals surface area contributed by atoms with Gasteiger partial charge in [-0.25, -0.2) is 0 Å². The molecule has 0 saturated carbocycles. The highest BCUT2D eigenvalue weighted by Gasteiger charge is 2.28. The van der Waals surface area contributed by atoms with Crippen LogP contribution in [-0.2, 0) is 4.74 Å². The monoisotopic (exact) mass is 188 g/mol. The zero-order valence-electron chi connectivity index (χ0n) is 8.95. The maximum atomic E-state index is 5.54. The van der Waals surface area contributed by atoms with E-state index in [0.29, 0.717) is 5.92 Å². The van der Waals surface area contributed by atoms with Crippen LogP contribution >= 0.6 is 0 Å². The molecule has 0 radical (unpaired) electrons. The molecule has 2 rings (SSSR count). The molecule has 0 saturated heterocycles. The number of fused-ring (bicyclic) bond motifs is 1. The molecule has 0 aromatic rings. The number of ether oxygens (including phenoxy) is 1. The summed E-state index contributed by atoms with van der Waals surface area (Å²) >= 11 is 0. The summed E-state index contributed by atoms with van der Waals surface area (Å²) in [4.78, 5) is 0. The van der Waals surface area contributed by atoms with Gasteiger partial charge in [0, 0.05) is 5.92 Å². The highest BCUT2D eigenvalue weighted by molar-refractivity contribution is 5.39. The Labute approximate surface area is 85.5 Å². The van der Waals surface area contributed by atoms with E-state index in [9.17, 15) is 0 Å². The second-order valence-electron chi connectivity index (χ2n) is 4.74. The van der Waals surface area contributed by atoms with Crippen molar-refractivity contribution < 1.29 is 4.74 Å². The van der Waals surface area contributed by atoms with Crippen LogP contribution < -0.4 is 0 Å². The highest BCUT2D eigenvalue weighted by Crippen LogP contribution is 2.39. The normalized spacial score (nSPS) is 24.9. The molecule has 1 heterocycles. The Morgan fingerprint density at radius 3 is 2.64 bits per heavy atom. The lowest BCUT2D eigenvalue weighted by molar-refractivity contribution is 0.317. The van der Waals surface area contributed by atoms with E-state index < -0.39 is 0 Å². The van der Waals surface area contributed by atoms with E-state index in [-0.39, 0.29) is 5.41 Å². The van der Waals surface area contributed by atoms with Crippen LogP contribution in [0.4, 0.5) is 0 Å². The number of hydrogen-bond donors (Lipinski definition) is 0. The van der Waals surface area contributed by atoms with Gasteiger partial charge >= 0.3 is 0 Å². The molecule has 1 aliphatic carbocycles. The van der Waals surface area contributed by atoms with Crippen molar-refractivity contribution in [2.45, 2.75) is 20.8 Å². The average Bonchev–Trinajstić information content (AvgIpc) is 2.22. The fourth-order valence-electron chi connectivity index (χ4n) is 2.01. The number of hydrogen-bond acceptors (Lipinski definition) is 1. The van der Waals surface area contributed by atoms with Gasteiger partial charge in [0.25, 0.3) is 0 Å². The van der Waals surface area contributed by atoms with Gasteiger partial charge in [-0.05, 0) is 23.1 Å². The number of allylic oxidation sites excluding steroid dienone is 6. The first kappa shape index (κ1) is 9.32. The number of rotatable bonds is 0. The SMILES string of the molecule is CC(C)(C)C1=C2C=CC=CC1C=CO2. The van der Waals surface area contributed by atoms with Crippen LogP contribution in [0.3, 0.4) is 0 Å². The Morgan fingerprint density at radius 1 is 1.14 bits per heavy atom. The lowest BCUT2D eigenvalue weighted by Gasteiger charge is -2.30. The molecule has 1 aliphatic heterocycles. The lowest BCUT2D eigenvalue weighted by atomic mass is 9.77. The highest BCUT2D eigenvalue weighted by atomic mass is 16.5. The van der Waals surface area contributed by atoms with E-state index >= 15 is 0 Å². The van der Waals surface area contributed by atoms with E-state index in [4.69, 9.17) is 4.74 Å². The average molecular weight is 188 g/mol. The van der Waals surface area contributed by atoms with Gasteiger partial charge in [0.15, 0.2) is 0 Å². The molecule has 1 unspecified atom stereocenters. The minimum atomic E-state index is 0.157. The van der Waals surface area contributed by atoms with E-state index in [1.807, 2.05) is 12.2 Å². The Bertz CT molecular complexity index is 348. The molecule has 1 nitrogen and oxygen atoms in total. The van der Waals surface area contributed by atoms with Crippen LogP contribution in [0.5, 0.6) is 0 Å². The first-order valence-corrected chi connectivity index (χ1v) is 5.02. The molecule has 0 aromatic heterocycles. The molecule has 14 heavy (non-hydrogen) atoms. The summed E-state index contributed by atoms with van der Waals surface area (Å²) in [6.07, 6.45) is 12.3. The topological polar surface area (TPSA) is 9.23 Å². The standard InChI is InChI=1S/C13H16O/c1-13(2,3)12-10-6-4-5-7-11(12)14-9-8-10/h4-10H,1-3H3. The van der Waals surface area contributed by atoms with Gasteiger partial charge < -0.3 is 4.74 Å². The molecule has 2 bridgehead atoms. The van der Waals surface area contributed by atoms with Gasteiger partial charge in [0.2, 0.25) is 0 Å². The summed E-state index contributed by atoms with van der Waals surface area (Å²) < 4.78 is 5.54. The van der Waals surface area contributed by atoms with Crippen molar-refractivity contribution in [1.82, 2.24) is 0 Å². The molecule has 0 aromatic carbocycles. The maximum absolute atomic E-state index is 5.54. The van der Waals surface area contributed by atoms with E-state index in [1.54, 1.807) is 6.26 Å². The van der Waals surface area contributed by atoms with Crippen LogP contribution in [0.1, 0.15) is 20.8 Å². The van der Waals surface area contributed by atoms with Crippen LogP contribution in [0.15, 0.2) is 48.0 Å².